The smallest absolute Gasteiger partial charge is 0.139 e. The van der Waals surface area contributed by atoms with Crippen LogP contribution in [0, 0.1) is 5.82 Å². The molecule has 0 aliphatic carbocycles. The Morgan fingerprint density at radius 1 is 1.27 bits per heavy atom. The molecular weight excluding hydrogens is 349 g/mol. The van der Waals surface area contributed by atoms with Crippen LogP contribution in [0.3, 0.4) is 0 Å². The lowest BCUT2D eigenvalue weighted by Gasteiger charge is -2.36. The Morgan fingerprint density at radius 3 is 2.68 bits per heavy atom. The summed E-state index contributed by atoms with van der Waals surface area (Å²) in [7, 11) is 0. The van der Waals surface area contributed by atoms with E-state index in [2.05, 4.69) is 30.7 Å². The van der Waals surface area contributed by atoms with E-state index >= 15 is 0 Å². The van der Waals surface area contributed by atoms with Gasteiger partial charge in [-0.25, -0.2) is 9.37 Å². The number of benzene rings is 1. The summed E-state index contributed by atoms with van der Waals surface area (Å²) >= 11 is 3.20. The SMILES string of the molecule is C[C@@H](O)CN1CCN(c2ccc3cc(Br)c(F)cc3n2)CC1. The maximum atomic E-state index is 13.7. The number of hydrogen-bond acceptors (Lipinski definition) is 4. The van der Waals surface area contributed by atoms with Crippen molar-refractivity contribution in [1.82, 2.24) is 9.88 Å². The maximum absolute atomic E-state index is 13.7. The molecule has 22 heavy (non-hydrogen) atoms. The van der Waals surface area contributed by atoms with Crippen LogP contribution in [-0.2, 0) is 0 Å². The highest BCUT2D eigenvalue weighted by atomic mass is 79.9. The van der Waals surface area contributed by atoms with E-state index in [1.165, 1.54) is 6.07 Å². The van der Waals surface area contributed by atoms with Crippen LogP contribution in [0.15, 0.2) is 28.7 Å². The Labute approximate surface area is 137 Å². The van der Waals surface area contributed by atoms with Gasteiger partial charge in [0, 0.05) is 44.2 Å². The van der Waals surface area contributed by atoms with Crippen molar-refractivity contribution in [3.63, 3.8) is 0 Å². The first kappa shape index (κ1) is 15.6. The van der Waals surface area contributed by atoms with E-state index in [0.29, 0.717) is 16.5 Å². The molecule has 1 aliphatic heterocycles. The van der Waals surface area contributed by atoms with Crippen LogP contribution in [0.5, 0.6) is 0 Å². The van der Waals surface area contributed by atoms with Crippen molar-refractivity contribution in [2.75, 3.05) is 37.6 Å². The summed E-state index contributed by atoms with van der Waals surface area (Å²) in [5.74, 6) is 0.588. The monoisotopic (exact) mass is 367 g/mol. The zero-order valence-corrected chi connectivity index (χ0v) is 14.1. The number of aliphatic hydroxyl groups excluding tert-OH is 1. The topological polar surface area (TPSA) is 39.6 Å². The Morgan fingerprint density at radius 2 is 2.00 bits per heavy atom. The molecule has 1 fully saturated rings. The van der Waals surface area contributed by atoms with Crippen molar-refractivity contribution in [2.24, 2.45) is 0 Å². The number of pyridine rings is 1. The number of aromatic nitrogens is 1. The minimum absolute atomic E-state index is 0.293. The molecule has 0 unspecified atom stereocenters. The van der Waals surface area contributed by atoms with E-state index in [-0.39, 0.29) is 11.9 Å². The summed E-state index contributed by atoms with van der Waals surface area (Å²) in [6, 6.07) is 7.18. The van der Waals surface area contributed by atoms with E-state index in [0.717, 1.165) is 37.4 Å². The second-order valence-electron chi connectivity index (χ2n) is 5.77. The zero-order valence-electron chi connectivity index (χ0n) is 12.5. The third kappa shape index (κ3) is 3.39. The minimum atomic E-state index is -0.299. The molecule has 6 heteroatoms. The minimum Gasteiger partial charge on any atom is -0.392 e. The number of rotatable bonds is 3. The lowest BCUT2D eigenvalue weighted by Crippen LogP contribution is -2.48. The number of nitrogens with zero attached hydrogens (tertiary/aromatic N) is 3. The molecule has 0 saturated carbocycles. The largest absolute Gasteiger partial charge is 0.392 e. The second kappa shape index (κ2) is 6.48. The van der Waals surface area contributed by atoms with Crippen molar-refractivity contribution < 1.29 is 9.50 Å². The van der Waals surface area contributed by atoms with Crippen LogP contribution in [0.2, 0.25) is 0 Å². The second-order valence-corrected chi connectivity index (χ2v) is 6.62. The van der Waals surface area contributed by atoms with E-state index in [9.17, 15) is 9.50 Å². The normalized spacial score (nSPS) is 17.9. The van der Waals surface area contributed by atoms with Crippen molar-refractivity contribution >= 4 is 32.7 Å². The van der Waals surface area contributed by atoms with Crippen LogP contribution in [0.4, 0.5) is 10.2 Å². The third-order valence-electron chi connectivity index (χ3n) is 3.94. The average Bonchev–Trinajstić information content (AvgIpc) is 2.48. The zero-order chi connectivity index (χ0) is 15.7. The Bertz CT molecular complexity index is 672. The summed E-state index contributed by atoms with van der Waals surface area (Å²) < 4.78 is 14.1. The maximum Gasteiger partial charge on any atom is 0.139 e. The van der Waals surface area contributed by atoms with Gasteiger partial charge in [-0.1, -0.05) is 0 Å². The number of β-amino-alcohol motifs (C(OH)–C–C–N with tert-alkyl or cyclic N) is 1. The molecule has 1 aliphatic rings. The Kier molecular flexibility index (Phi) is 4.61. The van der Waals surface area contributed by atoms with Gasteiger partial charge in [0.05, 0.1) is 16.1 Å². The molecule has 3 rings (SSSR count). The van der Waals surface area contributed by atoms with Gasteiger partial charge < -0.3 is 10.0 Å². The van der Waals surface area contributed by atoms with E-state index < -0.39 is 0 Å². The molecule has 2 heterocycles. The fourth-order valence-electron chi connectivity index (χ4n) is 2.82. The Balaban J connectivity index is 1.76. The van der Waals surface area contributed by atoms with Gasteiger partial charge in [-0.3, -0.25) is 4.90 Å². The number of fused-ring (bicyclic) bond motifs is 1. The van der Waals surface area contributed by atoms with Gasteiger partial charge >= 0.3 is 0 Å². The fourth-order valence-corrected chi connectivity index (χ4v) is 3.18. The fraction of sp³-hybridized carbons (Fsp3) is 0.438. The molecule has 0 bridgehead atoms. The number of hydrogen-bond donors (Lipinski definition) is 1. The summed E-state index contributed by atoms with van der Waals surface area (Å²) in [5, 5.41) is 10.4. The standard InChI is InChI=1S/C16H19BrFN3O/c1-11(22)10-20-4-6-21(7-5-20)16-3-2-12-8-13(17)14(18)9-15(12)19-16/h2-3,8-9,11,22H,4-7,10H2,1H3/t11-/m1/s1. The highest BCUT2D eigenvalue weighted by molar-refractivity contribution is 9.10. The summed E-state index contributed by atoms with van der Waals surface area (Å²) in [5.41, 5.74) is 0.671. The molecule has 1 atom stereocenters. The number of aliphatic hydroxyl groups is 1. The van der Waals surface area contributed by atoms with Crippen molar-refractivity contribution in [3.8, 4) is 0 Å². The molecule has 2 aromatic rings. The van der Waals surface area contributed by atoms with Gasteiger partial charge in [0.1, 0.15) is 11.6 Å². The van der Waals surface area contributed by atoms with Crippen LogP contribution in [-0.4, -0.2) is 53.8 Å². The van der Waals surface area contributed by atoms with Gasteiger partial charge in [-0.2, -0.15) is 0 Å². The number of piperazine rings is 1. The Hall–Kier alpha value is -1.24. The number of anilines is 1. The molecule has 118 valence electrons. The molecule has 1 saturated heterocycles. The summed E-state index contributed by atoms with van der Waals surface area (Å²) in [6.07, 6.45) is -0.299. The molecule has 0 spiro atoms. The first-order chi connectivity index (χ1) is 10.5. The van der Waals surface area contributed by atoms with Crippen LogP contribution >= 0.6 is 15.9 Å². The number of halogens is 2. The lowest BCUT2D eigenvalue weighted by atomic mass is 10.2. The van der Waals surface area contributed by atoms with E-state index in [1.807, 2.05) is 19.1 Å². The van der Waals surface area contributed by atoms with Gasteiger partial charge in [0.15, 0.2) is 0 Å². The predicted molar refractivity (Wildman–Crippen MR) is 89.7 cm³/mol. The average molecular weight is 368 g/mol. The predicted octanol–water partition coefficient (Wildman–Crippen LogP) is 2.64. The van der Waals surface area contributed by atoms with E-state index in [4.69, 9.17) is 0 Å². The van der Waals surface area contributed by atoms with Crippen molar-refractivity contribution in [1.29, 1.82) is 0 Å². The summed E-state index contributed by atoms with van der Waals surface area (Å²) in [6.45, 7) is 6.05. The van der Waals surface area contributed by atoms with Crippen LogP contribution in [0.25, 0.3) is 10.9 Å². The van der Waals surface area contributed by atoms with Crippen LogP contribution in [0.1, 0.15) is 6.92 Å². The van der Waals surface area contributed by atoms with Crippen molar-refractivity contribution in [3.05, 3.63) is 34.6 Å². The first-order valence-electron chi connectivity index (χ1n) is 7.44. The molecule has 0 amide bonds. The molecule has 1 aromatic carbocycles. The molecule has 4 nitrogen and oxygen atoms in total. The lowest BCUT2D eigenvalue weighted by molar-refractivity contribution is 0.122. The molecule has 0 radical (unpaired) electrons. The molecular formula is C16H19BrFN3O. The van der Waals surface area contributed by atoms with Crippen LogP contribution < -0.4 is 4.90 Å². The van der Waals surface area contributed by atoms with Gasteiger partial charge in [-0.15, -0.1) is 0 Å². The van der Waals surface area contributed by atoms with Gasteiger partial charge in [0.25, 0.3) is 0 Å². The highest BCUT2D eigenvalue weighted by Gasteiger charge is 2.19. The molecule has 1 aromatic heterocycles. The first-order valence-corrected chi connectivity index (χ1v) is 8.23. The van der Waals surface area contributed by atoms with Crippen molar-refractivity contribution in [2.45, 2.75) is 13.0 Å². The van der Waals surface area contributed by atoms with E-state index in [1.54, 1.807) is 6.07 Å². The highest BCUT2D eigenvalue weighted by Crippen LogP contribution is 2.25. The van der Waals surface area contributed by atoms with Gasteiger partial charge in [0.2, 0.25) is 0 Å². The summed E-state index contributed by atoms with van der Waals surface area (Å²) in [4.78, 5) is 9.04. The third-order valence-corrected chi connectivity index (χ3v) is 4.54. The van der Waals surface area contributed by atoms with Gasteiger partial charge in [-0.05, 0) is 41.1 Å². The molecule has 1 N–H and O–H groups in total. The quantitative estimate of drug-likeness (QED) is 0.904.